The molecule has 0 saturated carbocycles. The molecule has 2 aromatic rings. The number of aromatic nitrogens is 1. The van der Waals surface area contributed by atoms with E-state index in [1.165, 1.54) is 23.5 Å². The molecule has 7 heteroatoms. The number of carbonyl (C=O) groups is 1. The summed E-state index contributed by atoms with van der Waals surface area (Å²) in [5.74, 6) is -0.167. The Hall–Kier alpha value is -1.73. The molecule has 1 aliphatic rings. The molecule has 1 aromatic carbocycles. The van der Waals surface area contributed by atoms with Gasteiger partial charge in [-0.15, -0.1) is 0 Å². The predicted octanol–water partition coefficient (Wildman–Crippen LogP) is 2.10. The number of rotatable bonds is 4. The van der Waals surface area contributed by atoms with Crippen LogP contribution < -0.4 is 5.32 Å². The number of nitrogens with zero attached hydrogens (tertiary/aromatic N) is 2. The van der Waals surface area contributed by atoms with Crippen molar-refractivity contribution in [2.75, 3.05) is 38.2 Å². The monoisotopic (exact) mass is 309 g/mol. The van der Waals surface area contributed by atoms with Gasteiger partial charge >= 0.3 is 0 Å². The van der Waals surface area contributed by atoms with E-state index >= 15 is 0 Å². The van der Waals surface area contributed by atoms with Crippen LogP contribution in [0.25, 0.3) is 10.2 Å². The standard InChI is InChI=1S/C14H16FN3O2S/c15-10-1-2-12-11(9-10)17-14(21-12)16-4-3-13(19)18-5-7-20-8-6-18/h1-2,9H,3-8H2,(H,16,17). The van der Waals surface area contributed by atoms with Crippen LogP contribution in [0.4, 0.5) is 9.52 Å². The Kier molecular flexibility index (Phi) is 4.31. The topological polar surface area (TPSA) is 54.5 Å². The van der Waals surface area contributed by atoms with Crippen LogP contribution in [0, 0.1) is 5.82 Å². The van der Waals surface area contributed by atoms with Crippen molar-refractivity contribution < 1.29 is 13.9 Å². The number of hydrogen-bond donors (Lipinski definition) is 1. The number of morpholine rings is 1. The molecule has 0 radical (unpaired) electrons. The molecule has 1 saturated heterocycles. The zero-order chi connectivity index (χ0) is 14.7. The molecule has 1 N–H and O–H groups in total. The molecule has 0 unspecified atom stereocenters. The third-order valence-electron chi connectivity index (χ3n) is 3.33. The van der Waals surface area contributed by atoms with E-state index in [1.807, 2.05) is 4.90 Å². The second kappa shape index (κ2) is 6.36. The number of benzene rings is 1. The molecule has 3 rings (SSSR count). The van der Waals surface area contributed by atoms with Crippen LogP contribution in [-0.4, -0.2) is 48.6 Å². The predicted molar refractivity (Wildman–Crippen MR) is 80.1 cm³/mol. The lowest BCUT2D eigenvalue weighted by Crippen LogP contribution is -2.41. The Morgan fingerprint density at radius 2 is 2.24 bits per heavy atom. The lowest BCUT2D eigenvalue weighted by Gasteiger charge is -2.26. The smallest absolute Gasteiger partial charge is 0.224 e. The van der Waals surface area contributed by atoms with Crippen LogP contribution in [0.5, 0.6) is 0 Å². The van der Waals surface area contributed by atoms with Gasteiger partial charge in [0, 0.05) is 32.1 Å². The molecule has 1 aromatic heterocycles. The number of hydrogen-bond acceptors (Lipinski definition) is 5. The number of ether oxygens (including phenoxy) is 1. The maximum absolute atomic E-state index is 13.1. The number of carbonyl (C=O) groups excluding carboxylic acids is 1. The first-order valence-electron chi connectivity index (χ1n) is 6.88. The average Bonchev–Trinajstić information content (AvgIpc) is 2.89. The number of nitrogens with one attached hydrogen (secondary N) is 1. The summed E-state index contributed by atoms with van der Waals surface area (Å²) in [6, 6.07) is 4.55. The summed E-state index contributed by atoms with van der Waals surface area (Å²) in [7, 11) is 0. The summed E-state index contributed by atoms with van der Waals surface area (Å²) in [5, 5.41) is 3.84. The highest BCUT2D eigenvalue weighted by atomic mass is 32.1. The molecule has 0 aliphatic carbocycles. The molecule has 112 valence electrons. The second-order valence-electron chi connectivity index (χ2n) is 4.80. The largest absolute Gasteiger partial charge is 0.378 e. The molecule has 0 atom stereocenters. The molecular formula is C14H16FN3O2S. The molecule has 0 bridgehead atoms. The van der Waals surface area contributed by atoms with Crippen LogP contribution in [0.3, 0.4) is 0 Å². The Labute approximate surface area is 125 Å². The highest BCUT2D eigenvalue weighted by molar-refractivity contribution is 7.22. The summed E-state index contributed by atoms with van der Waals surface area (Å²) in [4.78, 5) is 18.1. The fourth-order valence-corrected chi connectivity index (χ4v) is 3.10. The fourth-order valence-electron chi connectivity index (χ4n) is 2.22. The summed E-state index contributed by atoms with van der Waals surface area (Å²) >= 11 is 1.46. The maximum atomic E-state index is 13.1. The zero-order valence-corrected chi connectivity index (χ0v) is 12.3. The molecule has 0 spiro atoms. The van der Waals surface area contributed by atoms with Gasteiger partial charge in [0.05, 0.1) is 23.4 Å². The Morgan fingerprint density at radius 1 is 1.43 bits per heavy atom. The molecule has 1 fully saturated rings. The van der Waals surface area contributed by atoms with E-state index in [2.05, 4.69) is 10.3 Å². The SMILES string of the molecule is O=C(CCNc1nc2cc(F)ccc2s1)N1CCOCC1. The summed E-state index contributed by atoms with van der Waals surface area (Å²) < 4.78 is 19.2. The lowest BCUT2D eigenvalue weighted by molar-refractivity contribution is -0.134. The van der Waals surface area contributed by atoms with Crippen molar-refractivity contribution >= 4 is 32.6 Å². The number of amides is 1. The Bertz CT molecular complexity index is 640. The fraction of sp³-hybridized carbons (Fsp3) is 0.429. The van der Waals surface area contributed by atoms with E-state index in [9.17, 15) is 9.18 Å². The van der Waals surface area contributed by atoms with E-state index in [0.717, 1.165) is 4.70 Å². The van der Waals surface area contributed by atoms with E-state index in [4.69, 9.17) is 4.74 Å². The normalized spacial score (nSPS) is 15.4. The minimum atomic E-state index is -0.290. The number of thiazole rings is 1. The van der Waals surface area contributed by atoms with Crippen molar-refractivity contribution in [3.8, 4) is 0 Å². The van der Waals surface area contributed by atoms with Crippen molar-refractivity contribution in [1.82, 2.24) is 9.88 Å². The van der Waals surface area contributed by atoms with Gasteiger partial charge < -0.3 is 15.0 Å². The highest BCUT2D eigenvalue weighted by Crippen LogP contribution is 2.26. The van der Waals surface area contributed by atoms with Crippen molar-refractivity contribution in [3.05, 3.63) is 24.0 Å². The highest BCUT2D eigenvalue weighted by Gasteiger charge is 2.16. The zero-order valence-electron chi connectivity index (χ0n) is 11.5. The van der Waals surface area contributed by atoms with E-state index in [1.54, 1.807) is 6.07 Å². The van der Waals surface area contributed by atoms with Gasteiger partial charge in [-0.3, -0.25) is 4.79 Å². The van der Waals surface area contributed by atoms with Crippen LogP contribution in [0.15, 0.2) is 18.2 Å². The number of fused-ring (bicyclic) bond motifs is 1. The van der Waals surface area contributed by atoms with Gasteiger partial charge in [0.2, 0.25) is 5.91 Å². The van der Waals surface area contributed by atoms with Gasteiger partial charge in [-0.25, -0.2) is 9.37 Å². The van der Waals surface area contributed by atoms with Crippen molar-refractivity contribution in [3.63, 3.8) is 0 Å². The first-order valence-corrected chi connectivity index (χ1v) is 7.69. The molecular weight excluding hydrogens is 293 g/mol. The van der Waals surface area contributed by atoms with Gasteiger partial charge in [0.1, 0.15) is 5.82 Å². The Balaban J connectivity index is 1.53. The summed E-state index contributed by atoms with van der Waals surface area (Å²) in [6.45, 7) is 3.09. The van der Waals surface area contributed by atoms with Gasteiger partial charge in [-0.1, -0.05) is 11.3 Å². The summed E-state index contributed by atoms with van der Waals surface area (Å²) in [5.41, 5.74) is 0.641. The first-order chi connectivity index (χ1) is 10.2. The van der Waals surface area contributed by atoms with Gasteiger partial charge in [-0.2, -0.15) is 0 Å². The molecule has 21 heavy (non-hydrogen) atoms. The van der Waals surface area contributed by atoms with Crippen LogP contribution >= 0.6 is 11.3 Å². The van der Waals surface area contributed by atoms with Gasteiger partial charge in [0.15, 0.2) is 5.13 Å². The quantitative estimate of drug-likeness (QED) is 0.940. The molecule has 1 amide bonds. The van der Waals surface area contributed by atoms with Crippen LogP contribution in [0.2, 0.25) is 0 Å². The van der Waals surface area contributed by atoms with Gasteiger partial charge in [-0.05, 0) is 12.1 Å². The van der Waals surface area contributed by atoms with E-state index in [-0.39, 0.29) is 11.7 Å². The Morgan fingerprint density at radius 3 is 3.05 bits per heavy atom. The number of halogens is 1. The minimum absolute atomic E-state index is 0.123. The number of anilines is 1. The minimum Gasteiger partial charge on any atom is -0.378 e. The van der Waals surface area contributed by atoms with Crippen LogP contribution in [-0.2, 0) is 9.53 Å². The summed E-state index contributed by atoms with van der Waals surface area (Å²) in [6.07, 6.45) is 0.421. The first kappa shape index (κ1) is 14.2. The average molecular weight is 309 g/mol. The third kappa shape index (κ3) is 3.48. The van der Waals surface area contributed by atoms with Crippen molar-refractivity contribution in [2.45, 2.75) is 6.42 Å². The molecule has 2 heterocycles. The third-order valence-corrected chi connectivity index (χ3v) is 4.32. The van der Waals surface area contributed by atoms with E-state index in [0.29, 0.717) is 49.9 Å². The maximum Gasteiger partial charge on any atom is 0.224 e. The van der Waals surface area contributed by atoms with Crippen LogP contribution in [0.1, 0.15) is 6.42 Å². The van der Waals surface area contributed by atoms with Crippen molar-refractivity contribution in [1.29, 1.82) is 0 Å². The lowest BCUT2D eigenvalue weighted by atomic mass is 10.3. The van der Waals surface area contributed by atoms with Crippen molar-refractivity contribution in [2.24, 2.45) is 0 Å². The molecule has 1 aliphatic heterocycles. The second-order valence-corrected chi connectivity index (χ2v) is 5.83. The van der Waals surface area contributed by atoms with Gasteiger partial charge in [0.25, 0.3) is 0 Å². The molecule has 5 nitrogen and oxygen atoms in total. The van der Waals surface area contributed by atoms with E-state index < -0.39 is 0 Å².